The molecule has 22 heavy (non-hydrogen) atoms. The predicted molar refractivity (Wildman–Crippen MR) is 88.6 cm³/mol. The summed E-state index contributed by atoms with van der Waals surface area (Å²) < 4.78 is 0. The lowest BCUT2D eigenvalue weighted by Gasteiger charge is -1.98. The molecule has 106 valence electrons. The van der Waals surface area contributed by atoms with Crippen LogP contribution in [0.2, 0.25) is 0 Å². The summed E-state index contributed by atoms with van der Waals surface area (Å²) in [6.07, 6.45) is 4.52. The summed E-state index contributed by atoms with van der Waals surface area (Å²) >= 11 is 0. The minimum absolute atomic E-state index is 0.123. The number of aromatic nitrogens is 2. The quantitative estimate of drug-likeness (QED) is 0.786. The first-order chi connectivity index (χ1) is 10.8. The van der Waals surface area contributed by atoms with Crippen LogP contribution in [-0.2, 0) is 6.42 Å². The predicted octanol–water partition coefficient (Wildman–Crippen LogP) is 3.27. The van der Waals surface area contributed by atoms with Crippen LogP contribution in [0.3, 0.4) is 0 Å². The number of fused-ring (bicyclic) bond motifs is 2. The van der Waals surface area contributed by atoms with E-state index < -0.39 is 0 Å². The Hall–Kier alpha value is -3.01. The third-order valence-corrected chi connectivity index (χ3v) is 3.69. The van der Waals surface area contributed by atoms with Gasteiger partial charge in [-0.1, -0.05) is 30.3 Å². The first-order valence-electron chi connectivity index (χ1n) is 7.12. The summed E-state index contributed by atoms with van der Waals surface area (Å²) in [4.78, 5) is 23.8. The third kappa shape index (κ3) is 2.24. The third-order valence-electron chi connectivity index (χ3n) is 3.69. The zero-order valence-corrected chi connectivity index (χ0v) is 11.8. The van der Waals surface area contributed by atoms with E-state index in [0.717, 1.165) is 17.8 Å². The molecule has 4 nitrogen and oxygen atoms in total. The highest BCUT2D eigenvalue weighted by molar-refractivity contribution is 6.04. The van der Waals surface area contributed by atoms with Gasteiger partial charge in [0.1, 0.15) is 5.82 Å². The number of benzene rings is 2. The Morgan fingerprint density at radius 3 is 2.73 bits per heavy atom. The van der Waals surface area contributed by atoms with Crippen LogP contribution in [0.25, 0.3) is 17.0 Å². The smallest absolute Gasteiger partial charge is 0.259 e. The fourth-order valence-corrected chi connectivity index (χ4v) is 2.61. The second kappa shape index (κ2) is 5.07. The normalized spacial score (nSPS) is 13.5. The Balaban J connectivity index is 1.66. The average Bonchev–Trinajstić information content (AvgIpc) is 2.96. The maximum absolute atomic E-state index is 12.0. The molecule has 1 aliphatic heterocycles. The zero-order valence-electron chi connectivity index (χ0n) is 11.8. The van der Waals surface area contributed by atoms with Crippen molar-refractivity contribution in [3.8, 4) is 0 Å². The zero-order chi connectivity index (χ0) is 14.9. The number of para-hydroxylation sites is 2. The molecule has 3 aromatic rings. The lowest BCUT2D eigenvalue weighted by Crippen LogP contribution is -2.09. The largest absolute Gasteiger partial charge is 0.306 e. The molecule has 0 aliphatic carbocycles. The molecule has 4 rings (SSSR count). The Morgan fingerprint density at radius 1 is 1.00 bits per heavy atom. The van der Waals surface area contributed by atoms with Crippen molar-refractivity contribution in [3.05, 3.63) is 76.3 Å². The number of aliphatic imine (C=N–C) groups is 1. The van der Waals surface area contributed by atoms with Crippen molar-refractivity contribution in [2.75, 3.05) is 0 Å². The van der Waals surface area contributed by atoms with Crippen LogP contribution < -0.4 is 5.56 Å². The van der Waals surface area contributed by atoms with Crippen LogP contribution in [0.1, 0.15) is 11.4 Å². The van der Waals surface area contributed by atoms with Crippen molar-refractivity contribution in [2.24, 2.45) is 4.99 Å². The molecule has 0 radical (unpaired) electrons. The Labute approximate surface area is 126 Å². The standard InChI is InChI=1S/C18H13N3O/c22-18-14-6-2-4-8-16(14)20-17(21-18)10-9-13-11-12-5-1-3-7-15(12)19-13/h1-10H,11H2,(H,20,21,22)/b10-9+. The lowest BCUT2D eigenvalue weighted by atomic mass is 10.1. The van der Waals surface area contributed by atoms with Gasteiger partial charge in [0.25, 0.3) is 5.56 Å². The van der Waals surface area contributed by atoms with Gasteiger partial charge in [-0.3, -0.25) is 9.79 Å². The summed E-state index contributed by atoms with van der Waals surface area (Å²) in [6, 6.07) is 15.4. The summed E-state index contributed by atoms with van der Waals surface area (Å²) in [6.45, 7) is 0. The van der Waals surface area contributed by atoms with Crippen molar-refractivity contribution in [1.82, 2.24) is 9.97 Å². The monoisotopic (exact) mass is 287 g/mol. The topological polar surface area (TPSA) is 58.1 Å². The van der Waals surface area contributed by atoms with Crippen molar-refractivity contribution in [1.29, 1.82) is 0 Å². The van der Waals surface area contributed by atoms with Crippen molar-refractivity contribution in [3.63, 3.8) is 0 Å². The van der Waals surface area contributed by atoms with Gasteiger partial charge in [0.05, 0.1) is 16.6 Å². The van der Waals surface area contributed by atoms with Crippen LogP contribution in [-0.4, -0.2) is 15.7 Å². The van der Waals surface area contributed by atoms with Crippen molar-refractivity contribution >= 4 is 28.4 Å². The maximum atomic E-state index is 12.0. The van der Waals surface area contributed by atoms with Gasteiger partial charge in [-0.15, -0.1) is 0 Å². The minimum Gasteiger partial charge on any atom is -0.306 e. The van der Waals surface area contributed by atoms with Gasteiger partial charge in [-0.05, 0) is 35.9 Å². The molecule has 0 saturated carbocycles. The van der Waals surface area contributed by atoms with Crippen LogP contribution in [0, 0.1) is 0 Å². The summed E-state index contributed by atoms with van der Waals surface area (Å²) in [5.74, 6) is 0.544. The molecule has 2 aromatic carbocycles. The molecule has 0 unspecified atom stereocenters. The fraction of sp³-hybridized carbons (Fsp3) is 0.0556. The van der Waals surface area contributed by atoms with Gasteiger partial charge >= 0.3 is 0 Å². The van der Waals surface area contributed by atoms with E-state index in [0.29, 0.717) is 16.7 Å². The number of nitrogens with one attached hydrogen (secondary N) is 1. The van der Waals surface area contributed by atoms with E-state index >= 15 is 0 Å². The van der Waals surface area contributed by atoms with Crippen LogP contribution in [0.5, 0.6) is 0 Å². The molecular weight excluding hydrogens is 274 g/mol. The molecule has 4 heteroatoms. The number of aromatic amines is 1. The number of nitrogens with zero attached hydrogens (tertiary/aromatic N) is 2. The van der Waals surface area contributed by atoms with E-state index in [1.807, 2.05) is 42.5 Å². The minimum atomic E-state index is -0.123. The van der Waals surface area contributed by atoms with Crippen LogP contribution >= 0.6 is 0 Å². The van der Waals surface area contributed by atoms with Crippen molar-refractivity contribution in [2.45, 2.75) is 6.42 Å². The molecule has 0 saturated heterocycles. The SMILES string of the molecule is O=c1[nH]c(/C=C/C2=Nc3ccccc3C2)nc2ccccc12. The van der Waals surface area contributed by atoms with E-state index in [1.54, 1.807) is 12.1 Å². The number of hydrogen-bond donors (Lipinski definition) is 1. The highest BCUT2D eigenvalue weighted by Gasteiger charge is 2.11. The molecule has 1 aliphatic rings. The second-order valence-corrected chi connectivity index (χ2v) is 5.21. The lowest BCUT2D eigenvalue weighted by molar-refractivity contribution is 1.14. The van der Waals surface area contributed by atoms with Gasteiger partial charge in [0.15, 0.2) is 0 Å². The number of allylic oxidation sites excluding steroid dienone is 1. The fourth-order valence-electron chi connectivity index (χ4n) is 2.61. The average molecular weight is 287 g/mol. The molecule has 0 amide bonds. The molecule has 0 bridgehead atoms. The first-order valence-corrected chi connectivity index (χ1v) is 7.12. The van der Waals surface area contributed by atoms with Crippen LogP contribution in [0.4, 0.5) is 5.69 Å². The first kappa shape index (κ1) is 12.7. The molecule has 0 atom stereocenters. The Bertz CT molecular complexity index is 983. The van der Waals surface area contributed by atoms with E-state index in [4.69, 9.17) is 0 Å². The molecule has 0 spiro atoms. The van der Waals surface area contributed by atoms with E-state index in [2.05, 4.69) is 21.0 Å². The molecule has 1 N–H and O–H groups in total. The van der Waals surface area contributed by atoms with Gasteiger partial charge < -0.3 is 4.98 Å². The van der Waals surface area contributed by atoms with E-state index in [9.17, 15) is 4.79 Å². The number of hydrogen-bond acceptors (Lipinski definition) is 3. The molecule has 1 aromatic heterocycles. The Kier molecular flexibility index (Phi) is 2.93. The van der Waals surface area contributed by atoms with Gasteiger partial charge in [0, 0.05) is 12.1 Å². The highest BCUT2D eigenvalue weighted by Crippen LogP contribution is 2.26. The number of H-pyrrole nitrogens is 1. The summed E-state index contributed by atoms with van der Waals surface area (Å²) in [5, 5.41) is 0.602. The maximum Gasteiger partial charge on any atom is 0.259 e. The number of rotatable bonds is 2. The molecular formula is C18H13N3O. The summed E-state index contributed by atoms with van der Waals surface area (Å²) in [7, 11) is 0. The highest BCUT2D eigenvalue weighted by atomic mass is 16.1. The van der Waals surface area contributed by atoms with Gasteiger partial charge in [-0.25, -0.2) is 4.98 Å². The van der Waals surface area contributed by atoms with Gasteiger partial charge in [-0.2, -0.15) is 0 Å². The second-order valence-electron chi connectivity index (χ2n) is 5.21. The Morgan fingerprint density at radius 2 is 1.82 bits per heavy atom. The van der Waals surface area contributed by atoms with Gasteiger partial charge in [0.2, 0.25) is 0 Å². The van der Waals surface area contributed by atoms with E-state index in [1.165, 1.54) is 5.56 Å². The molecule has 2 heterocycles. The van der Waals surface area contributed by atoms with Crippen molar-refractivity contribution < 1.29 is 0 Å². The molecule has 0 fully saturated rings. The summed E-state index contributed by atoms with van der Waals surface area (Å²) in [5.41, 5.74) is 3.78. The van der Waals surface area contributed by atoms with Crippen LogP contribution in [0.15, 0.2) is 64.4 Å². The van der Waals surface area contributed by atoms with E-state index in [-0.39, 0.29) is 5.56 Å².